The molecule has 0 saturated carbocycles. The fourth-order valence-corrected chi connectivity index (χ4v) is 5.73. The number of nitrogens with zero attached hydrogens (tertiary/aromatic N) is 3. The molecule has 0 unspecified atom stereocenters. The molecule has 0 fully saturated rings. The molecule has 0 atom stereocenters. The van der Waals surface area contributed by atoms with E-state index in [0.29, 0.717) is 34.1 Å². The van der Waals surface area contributed by atoms with Crippen LogP contribution in [0.3, 0.4) is 0 Å². The SMILES string of the molecule is N#Cc1ccc2c(c1)Oc1cc(N3c4ccccc4Oc4ccccc43)cc3c1B2c1ccc(C#N)cc1O3. The van der Waals surface area contributed by atoms with Crippen molar-refractivity contribution in [2.24, 2.45) is 0 Å². The minimum absolute atomic E-state index is 0.165. The van der Waals surface area contributed by atoms with Crippen LogP contribution in [0.15, 0.2) is 97.1 Å². The van der Waals surface area contributed by atoms with Crippen LogP contribution in [0.1, 0.15) is 11.1 Å². The second-order valence-electron chi connectivity index (χ2n) is 9.59. The number of ether oxygens (including phenoxy) is 3. The van der Waals surface area contributed by atoms with Crippen LogP contribution in [-0.4, -0.2) is 6.71 Å². The summed E-state index contributed by atoms with van der Waals surface area (Å²) in [6, 6.07) is 35.3. The number of hydrogen-bond acceptors (Lipinski definition) is 6. The summed E-state index contributed by atoms with van der Waals surface area (Å²) in [4.78, 5) is 2.13. The second-order valence-corrected chi connectivity index (χ2v) is 9.59. The number of nitriles is 2. The molecule has 0 amide bonds. The van der Waals surface area contributed by atoms with Gasteiger partial charge in [0.15, 0.2) is 11.5 Å². The largest absolute Gasteiger partial charge is 0.458 e. The highest BCUT2D eigenvalue weighted by molar-refractivity contribution is 6.98. The molecule has 5 aromatic carbocycles. The standard InChI is InChI=1S/C32H16BN3O3/c34-17-19-9-11-22-28(13-19)38-30-15-21(16-31-32(30)33(22)23-12-10-20(18-35)14-29(23)39-31)36-24-5-1-3-7-26(24)37-27-8-4-2-6-25(27)36/h1-16H. The lowest BCUT2D eigenvalue weighted by Crippen LogP contribution is -2.57. The van der Waals surface area contributed by atoms with Crippen molar-refractivity contribution < 1.29 is 14.2 Å². The van der Waals surface area contributed by atoms with Crippen LogP contribution in [-0.2, 0) is 0 Å². The minimum Gasteiger partial charge on any atom is -0.458 e. The quantitative estimate of drug-likeness (QED) is 0.267. The van der Waals surface area contributed by atoms with Crippen molar-refractivity contribution in [2.45, 2.75) is 0 Å². The summed E-state index contributed by atoms with van der Waals surface area (Å²) in [5, 5.41) is 19.1. The summed E-state index contributed by atoms with van der Waals surface area (Å²) in [5.74, 6) is 4.08. The Balaban J connectivity index is 1.38. The zero-order valence-corrected chi connectivity index (χ0v) is 20.4. The molecular weight excluding hydrogens is 485 g/mol. The van der Waals surface area contributed by atoms with E-state index in [4.69, 9.17) is 14.2 Å². The van der Waals surface area contributed by atoms with E-state index in [1.807, 2.05) is 84.9 Å². The lowest BCUT2D eigenvalue weighted by Gasteiger charge is -2.36. The van der Waals surface area contributed by atoms with E-state index in [1.165, 1.54) is 0 Å². The number of rotatable bonds is 1. The maximum absolute atomic E-state index is 9.55. The lowest BCUT2D eigenvalue weighted by atomic mass is 9.35. The van der Waals surface area contributed by atoms with E-state index in [2.05, 4.69) is 17.0 Å². The number of hydrogen-bond donors (Lipinski definition) is 0. The zero-order valence-electron chi connectivity index (χ0n) is 20.4. The van der Waals surface area contributed by atoms with Crippen molar-refractivity contribution >= 4 is 40.2 Å². The van der Waals surface area contributed by atoms with E-state index >= 15 is 0 Å². The summed E-state index contributed by atoms with van der Waals surface area (Å²) in [7, 11) is 0. The molecule has 6 nitrogen and oxygen atoms in total. The Morgan fingerprint density at radius 2 is 1.03 bits per heavy atom. The Hall–Kier alpha value is -5.66. The van der Waals surface area contributed by atoms with Gasteiger partial charge in [0.25, 0.3) is 6.71 Å². The monoisotopic (exact) mass is 501 g/mol. The molecule has 39 heavy (non-hydrogen) atoms. The summed E-state index contributed by atoms with van der Waals surface area (Å²) < 4.78 is 19.2. The maximum Gasteiger partial charge on any atom is 0.260 e. The highest BCUT2D eigenvalue weighted by Gasteiger charge is 2.41. The first-order chi connectivity index (χ1) is 19.2. The van der Waals surface area contributed by atoms with Crippen molar-refractivity contribution in [3.8, 4) is 46.6 Å². The molecule has 3 aliphatic rings. The summed E-state index contributed by atoms with van der Waals surface area (Å²) >= 11 is 0. The van der Waals surface area contributed by atoms with Crippen LogP contribution in [0.25, 0.3) is 0 Å². The molecule has 8 rings (SSSR count). The number of benzene rings is 5. The molecule has 0 saturated heterocycles. The summed E-state index contributed by atoms with van der Waals surface area (Å²) in [6.45, 7) is -0.165. The van der Waals surface area contributed by atoms with Crippen LogP contribution in [0, 0.1) is 22.7 Å². The van der Waals surface area contributed by atoms with Gasteiger partial charge < -0.3 is 19.1 Å². The van der Waals surface area contributed by atoms with Gasteiger partial charge in [-0.25, -0.2) is 0 Å². The van der Waals surface area contributed by atoms with Gasteiger partial charge in [-0.05, 0) is 59.5 Å². The van der Waals surface area contributed by atoms with E-state index in [-0.39, 0.29) is 6.71 Å². The van der Waals surface area contributed by atoms with Crippen LogP contribution >= 0.6 is 0 Å². The average molecular weight is 501 g/mol. The smallest absolute Gasteiger partial charge is 0.260 e. The third kappa shape index (κ3) is 3.08. The normalized spacial score (nSPS) is 13.1. The summed E-state index contributed by atoms with van der Waals surface area (Å²) in [5.41, 5.74) is 6.50. The third-order valence-corrected chi connectivity index (χ3v) is 7.42. The van der Waals surface area contributed by atoms with Gasteiger partial charge >= 0.3 is 0 Å². The van der Waals surface area contributed by atoms with E-state index < -0.39 is 0 Å². The van der Waals surface area contributed by atoms with Gasteiger partial charge in [-0.3, -0.25) is 0 Å². The highest BCUT2D eigenvalue weighted by Crippen LogP contribution is 2.51. The number of fused-ring (bicyclic) bond motifs is 6. The van der Waals surface area contributed by atoms with E-state index in [9.17, 15) is 10.5 Å². The maximum atomic E-state index is 9.55. The Labute approximate surface area is 224 Å². The molecule has 5 aromatic rings. The van der Waals surface area contributed by atoms with Crippen molar-refractivity contribution in [1.29, 1.82) is 10.5 Å². The fourth-order valence-electron chi connectivity index (χ4n) is 5.73. The van der Waals surface area contributed by atoms with Crippen LogP contribution in [0.4, 0.5) is 17.1 Å². The topological polar surface area (TPSA) is 78.5 Å². The van der Waals surface area contributed by atoms with E-state index in [0.717, 1.165) is 44.9 Å². The van der Waals surface area contributed by atoms with Gasteiger partial charge in [-0.15, -0.1) is 0 Å². The fraction of sp³-hybridized carbons (Fsp3) is 0. The molecule has 0 bridgehead atoms. The first-order valence-electron chi connectivity index (χ1n) is 12.5. The molecular formula is C32H16BN3O3. The Kier molecular flexibility index (Phi) is 4.35. The highest BCUT2D eigenvalue weighted by atomic mass is 16.5. The van der Waals surface area contributed by atoms with Crippen molar-refractivity contribution in [1.82, 2.24) is 0 Å². The molecule has 7 heteroatoms. The molecule has 0 radical (unpaired) electrons. The van der Waals surface area contributed by atoms with Crippen molar-refractivity contribution in [2.75, 3.05) is 4.90 Å². The predicted octanol–water partition coefficient (Wildman–Crippen LogP) is 5.73. The summed E-state index contributed by atoms with van der Waals surface area (Å²) in [6.07, 6.45) is 0. The molecule has 0 aromatic heterocycles. The van der Waals surface area contributed by atoms with Crippen molar-refractivity contribution in [3.63, 3.8) is 0 Å². The van der Waals surface area contributed by atoms with Gasteiger partial charge in [-0.2, -0.15) is 10.5 Å². The first-order valence-corrected chi connectivity index (χ1v) is 12.5. The Morgan fingerprint density at radius 3 is 1.54 bits per heavy atom. The van der Waals surface area contributed by atoms with Crippen LogP contribution < -0.4 is 35.5 Å². The average Bonchev–Trinajstić information content (AvgIpc) is 2.98. The van der Waals surface area contributed by atoms with E-state index in [1.54, 1.807) is 12.1 Å². The molecule has 0 N–H and O–H groups in total. The van der Waals surface area contributed by atoms with Crippen LogP contribution in [0.5, 0.6) is 34.5 Å². The molecule has 0 spiro atoms. The van der Waals surface area contributed by atoms with Gasteiger partial charge in [-0.1, -0.05) is 36.4 Å². The second kappa shape index (κ2) is 7.92. The Morgan fingerprint density at radius 1 is 0.538 bits per heavy atom. The van der Waals surface area contributed by atoms with Crippen LogP contribution in [0.2, 0.25) is 0 Å². The minimum atomic E-state index is -0.165. The lowest BCUT2D eigenvalue weighted by molar-refractivity contribution is 0.463. The molecule has 3 heterocycles. The zero-order chi connectivity index (χ0) is 26.1. The predicted molar refractivity (Wildman–Crippen MR) is 148 cm³/mol. The van der Waals surface area contributed by atoms with Crippen molar-refractivity contribution in [3.05, 3.63) is 108 Å². The molecule has 180 valence electrons. The molecule has 0 aliphatic carbocycles. The number of para-hydroxylation sites is 4. The number of anilines is 3. The molecule has 3 aliphatic heterocycles. The first kappa shape index (κ1) is 21.4. The third-order valence-electron chi connectivity index (χ3n) is 7.42. The van der Waals surface area contributed by atoms with Gasteiger partial charge in [0, 0.05) is 17.6 Å². The van der Waals surface area contributed by atoms with Gasteiger partial charge in [0.1, 0.15) is 23.0 Å². The Bertz CT molecular complexity index is 1820. The van der Waals surface area contributed by atoms with Gasteiger partial charge in [0.05, 0.1) is 40.3 Å². The van der Waals surface area contributed by atoms with Gasteiger partial charge in [0.2, 0.25) is 0 Å².